The van der Waals surface area contributed by atoms with E-state index < -0.39 is 12.1 Å². The van der Waals surface area contributed by atoms with E-state index in [1.807, 2.05) is 49.4 Å². The van der Waals surface area contributed by atoms with Gasteiger partial charge in [-0.2, -0.15) is 0 Å². The van der Waals surface area contributed by atoms with Crippen molar-refractivity contribution < 1.29 is 14.4 Å². The van der Waals surface area contributed by atoms with Crippen LogP contribution in [0.15, 0.2) is 85.5 Å². The molecule has 4 aromatic rings. The molecule has 0 spiro atoms. The van der Waals surface area contributed by atoms with Crippen LogP contribution in [-0.2, 0) is 11.2 Å². The highest BCUT2D eigenvalue weighted by atomic mass is 16.2. The van der Waals surface area contributed by atoms with Crippen LogP contribution < -0.4 is 10.2 Å². The molecular formula is C30H26N4O3. The Bertz CT molecular complexity index is 1570. The third-order valence-electron chi connectivity index (χ3n) is 7.33. The van der Waals surface area contributed by atoms with Gasteiger partial charge in [0.2, 0.25) is 0 Å². The molecule has 2 aliphatic heterocycles. The van der Waals surface area contributed by atoms with Crippen molar-refractivity contribution in [3.8, 4) is 0 Å². The number of imide groups is 1. The van der Waals surface area contributed by atoms with Gasteiger partial charge in [-0.15, -0.1) is 6.58 Å². The van der Waals surface area contributed by atoms with Crippen molar-refractivity contribution in [2.75, 3.05) is 11.4 Å². The lowest BCUT2D eigenvalue weighted by atomic mass is 9.87. The number of nitrogens with zero attached hydrogens (tertiary/aromatic N) is 2. The van der Waals surface area contributed by atoms with E-state index in [0.717, 1.165) is 33.3 Å². The van der Waals surface area contributed by atoms with Crippen molar-refractivity contribution in [3.05, 3.63) is 113 Å². The number of aryl methyl sites for hydroxylation is 1. The fourth-order valence-electron chi connectivity index (χ4n) is 5.56. The summed E-state index contributed by atoms with van der Waals surface area (Å²) in [6, 6.07) is 21.2. The van der Waals surface area contributed by atoms with Gasteiger partial charge in [-0.3, -0.25) is 14.5 Å². The van der Waals surface area contributed by atoms with Crippen molar-refractivity contribution in [1.29, 1.82) is 0 Å². The molecule has 7 nitrogen and oxygen atoms in total. The molecule has 1 fully saturated rings. The summed E-state index contributed by atoms with van der Waals surface area (Å²) >= 11 is 0. The molecule has 3 aromatic carbocycles. The predicted molar refractivity (Wildman–Crippen MR) is 143 cm³/mol. The number of nitrogens with one attached hydrogen (secondary N) is 2. The highest BCUT2D eigenvalue weighted by Gasteiger charge is 2.53. The topological polar surface area (TPSA) is 85.5 Å². The molecule has 2 N–H and O–H groups in total. The molecule has 7 heteroatoms. The van der Waals surface area contributed by atoms with Gasteiger partial charge >= 0.3 is 6.03 Å². The van der Waals surface area contributed by atoms with E-state index in [0.29, 0.717) is 24.2 Å². The number of urea groups is 1. The molecule has 2 aliphatic rings. The SMILES string of the molecule is C=CCNC(=O)c1ccc(N2C(=O)C3Cc4c([nH]c5ccccc45)C(c4ccccc4C)N3C2=O)cc1. The summed E-state index contributed by atoms with van der Waals surface area (Å²) in [5, 5.41) is 3.80. The molecule has 3 heterocycles. The Labute approximate surface area is 214 Å². The molecule has 2 unspecified atom stereocenters. The number of hydrogen-bond acceptors (Lipinski definition) is 3. The monoisotopic (exact) mass is 490 g/mol. The number of H-pyrrole nitrogens is 1. The third-order valence-corrected chi connectivity index (χ3v) is 7.33. The van der Waals surface area contributed by atoms with Gasteiger partial charge in [-0.1, -0.05) is 48.5 Å². The molecule has 1 aromatic heterocycles. The number of anilines is 1. The van der Waals surface area contributed by atoms with Crippen molar-refractivity contribution in [3.63, 3.8) is 0 Å². The first kappa shape index (κ1) is 22.8. The second-order valence-electron chi connectivity index (χ2n) is 9.45. The summed E-state index contributed by atoms with van der Waals surface area (Å²) in [6.07, 6.45) is 2.04. The third kappa shape index (κ3) is 3.54. The van der Waals surface area contributed by atoms with Crippen LogP contribution in [0.3, 0.4) is 0 Å². The van der Waals surface area contributed by atoms with Crippen LogP contribution in [0, 0.1) is 6.92 Å². The van der Waals surface area contributed by atoms with E-state index in [9.17, 15) is 14.4 Å². The zero-order valence-corrected chi connectivity index (χ0v) is 20.4. The minimum Gasteiger partial charge on any atom is -0.356 e. The predicted octanol–water partition coefficient (Wildman–Crippen LogP) is 4.88. The van der Waals surface area contributed by atoms with E-state index in [4.69, 9.17) is 0 Å². The Kier molecular flexibility index (Phi) is 5.41. The highest BCUT2D eigenvalue weighted by molar-refractivity contribution is 6.22. The fourth-order valence-corrected chi connectivity index (χ4v) is 5.56. The van der Waals surface area contributed by atoms with E-state index in [1.54, 1.807) is 35.2 Å². The molecule has 6 rings (SSSR count). The lowest BCUT2D eigenvalue weighted by Gasteiger charge is -2.36. The summed E-state index contributed by atoms with van der Waals surface area (Å²) in [6.45, 7) is 5.98. The van der Waals surface area contributed by atoms with Crippen LogP contribution >= 0.6 is 0 Å². The molecule has 2 atom stereocenters. The number of benzene rings is 3. The Balaban J connectivity index is 1.43. The van der Waals surface area contributed by atoms with Gasteiger partial charge in [0.15, 0.2) is 0 Å². The average molecular weight is 491 g/mol. The highest BCUT2D eigenvalue weighted by Crippen LogP contribution is 2.45. The van der Waals surface area contributed by atoms with Crippen LogP contribution in [0.5, 0.6) is 0 Å². The van der Waals surface area contributed by atoms with Gasteiger partial charge < -0.3 is 10.3 Å². The minimum atomic E-state index is -0.626. The fraction of sp³-hybridized carbons (Fsp3) is 0.167. The molecule has 0 radical (unpaired) electrons. The molecule has 184 valence electrons. The zero-order valence-electron chi connectivity index (χ0n) is 20.4. The summed E-state index contributed by atoms with van der Waals surface area (Å²) in [5.74, 6) is -0.503. The molecule has 0 aliphatic carbocycles. The first-order chi connectivity index (χ1) is 18.0. The number of carbonyl (C=O) groups excluding carboxylic acids is 3. The summed E-state index contributed by atoms with van der Waals surface area (Å²) in [4.78, 5) is 46.6. The summed E-state index contributed by atoms with van der Waals surface area (Å²) < 4.78 is 0. The molecule has 37 heavy (non-hydrogen) atoms. The number of amides is 4. The number of fused-ring (bicyclic) bond motifs is 4. The molecule has 0 saturated carbocycles. The zero-order chi connectivity index (χ0) is 25.7. The van der Waals surface area contributed by atoms with E-state index in [2.05, 4.69) is 22.9 Å². The van der Waals surface area contributed by atoms with E-state index >= 15 is 0 Å². The normalized spacial score (nSPS) is 18.6. The number of carbonyl (C=O) groups is 3. The Morgan fingerprint density at radius 3 is 2.54 bits per heavy atom. The number of rotatable bonds is 5. The smallest absolute Gasteiger partial charge is 0.332 e. The van der Waals surface area contributed by atoms with Crippen molar-refractivity contribution >= 4 is 34.4 Å². The van der Waals surface area contributed by atoms with Crippen LogP contribution in [0.1, 0.15) is 38.8 Å². The van der Waals surface area contributed by atoms with Gasteiger partial charge in [0, 0.05) is 35.1 Å². The Morgan fingerprint density at radius 1 is 1.05 bits per heavy atom. The Hall–Kier alpha value is -4.65. The maximum absolute atomic E-state index is 14.0. The van der Waals surface area contributed by atoms with Crippen molar-refractivity contribution in [2.45, 2.75) is 25.4 Å². The molecule has 0 bridgehead atoms. The second kappa shape index (κ2) is 8.78. The van der Waals surface area contributed by atoms with Crippen LogP contribution in [0.2, 0.25) is 0 Å². The lowest BCUT2D eigenvalue weighted by Crippen LogP contribution is -2.44. The van der Waals surface area contributed by atoms with Gasteiger partial charge in [0.25, 0.3) is 11.8 Å². The first-order valence-corrected chi connectivity index (χ1v) is 12.3. The minimum absolute atomic E-state index is 0.243. The average Bonchev–Trinajstić information content (AvgIpc) is 3.41. The van der Waals surface area contributed by atoms with E-state index in [1.165, 1.54) is 4.90 Å². The maximum atomic E-state index is 14.0. The van der Waals surface area contributed by atoms with Gasteiger partial charge in [-0.25, -0.2) is 9.69 Å². The summed E-state index contributed by atoms with van der Waals surface area (Å²) in [7, 11) is 0. The quantitative estimate of drug-likeness (QED) is 0.309. The molecule has 4 amide bonds. The largest absolute Gasteiger partial charge is 0.356 e. The molecule has 1 saturated heterocycles. The molecular weight excluding hydrogens is 464 g/mol. The second-order valence-corrected chi connectivity index (χ2v) is 9.45. The summed E-state index contributed by atoms with van der Waals surface area (Å²) in [5.41, 5.74) is 5.94. The lowest BCUT2D eigenvalue weighted by molar-refractivity contribution is -0.120. The van der Waals surface area contributed by atoms with E-state index in [-0.39, 0.29) is 17.8 Å². The first-order valence-electron chi connectivity index (χ1n) is 12.3. The Morgan fingerprint density at radius 2 is 1.78 bits per heavy atom. The van der Waals surface area contributed by atoms with Crippen LogP contribution in [0.25, 0.3) is 10.9 Å². The van der Waals surface area contributed by atoms with Crippen molar-refractivity contribution in [2.24, 2.45) is 0 Å². The number of aromatic nitrogens is 1. The van der Waals surface area contributed by atoms with Crippen LogP contribution in [0.4, 0.5) is 10.5 Å². The maximum Gasteiger partial charge on any atom is 0.332 e. The number of para-hydroxylation sites is 1. The van der Waals surface area contributed by atoms with Crippen LogP contribution in [-0.4, -0.2) is 40.3 Å². The van der Waals surface area contributed by atoms with Gasteiger partial charge in [0.05, 0.1) is 5.69 Å². The number of hydrogen-bond donors (Lipinski definition) is 2. The van der Waals surface area contributed by atoms with Gasteiger partial charge in [0.1, 0.15) is 12.1 Å². The van der Waals surface area contributed by atoms with Crippen molar-refractivity contribution in [1.82, 2.24) is 15.2 Å². The number of aromatic amines is 1. The van der Waals surface area contributed by atoms with Gasteiger partial charge in [-0.05, 0) is 53.9 Å². The standard InChI is InChI=1S/C30H26N4O3/c1-3-16-31-28(35)19-12-14-20(15-13-19)33-29(36)25-17-23-22-10-6-7-11-24(22)32-26(23)27(34(25)30(33)37)21-9-5-4-8-18(21)2/h3-15,25,27,32H,1,16-17H2,2H3,(H,31,35).